The lowest BCUT2D eigenvalue weighted by Crippen LogP contribution is -2.59. The molecule has 0 saturated carbocycles. The van der Waals surface area contributed by atoms with Crippen molar-refractivity contribution in [1.29, 1.82) is 0 Å². The van der Waals surface area contributed by atoms with E-state index in [9.17, 15) is 10.1 Å². The van der Waals surface area contributed by atoms with Gasteiger partial charge in [-0.15, -0.1) is 0 Å². The summed E-state index contributed by atoms with van der Waals surface area (Å²) in [5.74, 6) is 0.742. The minimum absolute atomic E-state index is 0.0420. The number of anilines is 2. The van der Waals surface area contributed by atoms with Gasteiger partial charge in [-0.3, -0.25) is 15.0 Å². The van der Waals surface area contributed by atoms with Crippen LogP contribution in [-0.2, 0) is 0 Å². The highest BCUT2D eigenvalue weighted by molar-refractivity contribution is 5.62. The lowest BCUT2D eigenvalue weighted by atomic mass is 9.97. The number of pyridine rings is 1. The summed E-state index contributed by atoms with van der Waals surface area (Å²) in [6, 6.07) is 3.62. The first-order chi connectivity index (χ1) is 10.1. The number of hydrogen-bond acceptors (Lipinski definition) is 6. The number of nitrogens with two attached hydrogens (primary N) is 1. The van der Waals surface area contributed by atoms with Crippen molar-refractivity contribution in [3.8, 4) is 0 Å². The van der Waals surface area contributed by atoms with E-state index in [1.165, 1.54) is 25.0 Å². The van der Waals surface area contributed by atoms with Crippen LogP contribution in [0.15, 0.2) is 12.1 Å². The summed E-state index contributed by atoms with van der Waals surface area (Å²) in [4.78, 5) is 19.7. The van der Waals surface area contributed by atoms with Crippen molar-refractivity contribution in [3.05, 3.63) is 22.2 Å². The molecule has 3 heterocycles. The summed E-state index contributed by atoms with van der Waals surface area (Å²) in [6.45, 7) is 4.95. The molecule has 2 saturated heterocycles. The van der Waals surface area contributed by atoms with Gasteiger partial charge >= 0.3 is 5.69 Å². The molecule has 0 amide bonds. The van der Waals surface area contributed by atoms with Gasteiger partial charge in [0.1, 0.15) is 5.82 Å². The molecule has 2 N–H and O–H groups in total. The molecule has 2 aliphatic heterocycles. The molecule has 0 radical (unpaired) electrons. The molecule has 2 aliphatic rings. The van der Waals surface area contributed by atoms with E-state index in [0.717, 1.165) is 26.1 Å². The van der Waals surface area contributed by atoms with Gasteiger partial charge in [0, 0.05) is 31.2 Å². The Labute approximate surface area is 123 Å². The Balaban J connectivity index is 1.92. The number of nitrogen functional groups attached to an aromatic ring is 1. The second kappa shape index (κ2) is 5.48. The van der Waals surface area contributed by atoms with Gasteiger partial charge in [0.25, 0.3) is 0 Å². The van der Waals surface area contributed by atoms with Crippen LogP contribution in [0.2, 0.25) is 0 Å². The molecule has 3 rings (SSSR count). The second-order valence-electron chi connectivity index (χ2n) is 5.98. The number of rotatable bonds is 2. The van der Waals surface area contributed by atoms with Crippen molar-refractivity contribution in [2.45, 2.75) is 38.3 Å². The standard InChI is InChI=1S/C14H21N5O2/c1-10-8-17-7-3-2-4-11(17)9-18(10)14-12(19(20)21)5-6-13(15)16-14/h5-6,10-11H,2-4,7-9H2,1H3,(H2,15,16). The Bertz CT molecular complexity index is 550. The van der Waals surface area contributed by atoms with Gasteiger partial charge in [-0.1, -0.05) is 6.42 Å². The third-order valence-corrected chi connectivity index (χ3v) is 4.53. The van der Waals surface area contributed by atoms with Crippen molar-refractivity contribution < 1.29 is 4.92 Å². The molecule has 2 atom stereocenters. The fraction of sp³-hybridized carbons (Fsp3) is 0.643. The fourth-order valence-corrected chi connectivity index (χ4v) is 3.46. The SMILES string of the molecule is CC1CN2CCCCC2CN1c1nc(N)ccc1[N+](=O)[O-]. The van der Waals surface area contributed by atoms with Crippen molar-refractivity contribution in [3.63, 3.8) is 0 Å². The topological polar surface area (TPSA) is 88.5 Å². The predicted octanol–water partition coefficient (Wildman–Crippen LogP) is 1.64. The van der Waals surface area contributed by atoms with E-state index in [1.54, 1.807) is 0 Å². The Hall–Kier alpha value is -1.89. The summed E-state index contributed by atoms with van der Waals surface area (Å²) in [6.07, 6.45) is 3.63. The first-order valence-corrected chi connectivity index (χ1v) is 7.48. The normalized spacial score (nSPS) is 26.4. The van der Waals surface area contributed by atoms with E-state index in [-0.39, 0.29) is 16.7 Å². The molecular formula is C14H21N5O2. The zero-order chi connectivity index (χ0) is 15.0. The minimum atomic E-state index is -0.373. The van der Waals surface area contributed by atoms with E-state index in [1.807, 2.05) is 0 Å². The summed E-state index contributed by atoms with van der Waals surface area (Å²) in [7, 11) is 0. The van der Waals surface area contributed by atoms with Gasteiger partial charge in [-0.2, -0.15) is 0 Å². The second-order valence-corrected chi connectivity index (χ2v) is 5.98. The summed E-state index contributed by atoms with van der Waals surface area (Å²) < 4.78 is 0. The average Bonchev–Trinajstić information content (AvgIpc) is 2.46. The number of fused-ring (bicyclic) bond motifs is 1. The van der Waals surface area contributed by atoms with Crippen molar-refractivity contribution in [2.24, 2.45) is 0 Å². The van der Waals surface area contributed by atoms with Crippen LogP contribution >= 0.6 is 0 Å². The molecule has 0 bridgehead atoms. The van der Waals surface area contributed by atoms with Crippen molar-refractivity contribution in [1.82, 2.24) is 9.88 Å². The molecule has 7 heteroatoms. The van der Waals surface area contributed by atoms with Crippen LogP contribution < -0.4 is 10.6 Å². The zero-order valence-electron chi connectivity index (χ0n) is 12.2. The Kier molecular flexibility index (Phi) is 3.67. The average molecular weight is 291 g/mol. The zero-order valence-corrected chi connectivity index (χ0v) is 12.2. The molecule has 7 nitrogen and oxygen atoms in total. The maximum Gasteiger partial charge on any atom is 0.311 e. The molecule has 114 valence electrons. The highest BCUT2D eigenvalue weighted by Gasteiger charge is 2.36. The Morgan fingerprint density at radius 2 is 2.19 bits per heavy atom. The van der Waals surface area contributed by atoms with Gasteiger partial charge < -0.3 is 10.6 Å². The Morgan fingerprint density at radius 1 is 1.38 bits per heavy atom. The number of piperazine rings is 1. The minimum Gasteiger partial charge on any atom is -0.384 e. The van der Waals surface area contributed by atoms with Gasteiger partial charge in [0.05, 0.1) is 4.92 Å². The van der Waals surface area contributed by atoms with Gasteiger partial charge in [-0.25, -0.2) is 4.98 Å². The monoisotopic (exact) mass is 291 g/mol. The van der Waals surface area contributed by atoms with E-state index in [4.69, 9.17) is 5.73 Å². The highest BCUT2D eigenvalue weighted by atomic mass is 16.6. The van der Waals surface area contributed by atoms with Crippen LogP contribution in [0.1, 0.15) is 26.2 Å². The lowest BCUT2D eigenvalue weighted by molar-refractivity contribution is -0.384. The third kappa shape index (κ3) is 2.65. The molecule has 1 aromatic heterocycles. The van der Waals surface area contributed by atoms with Crippen molar-refractivity contribution in [2.75, 3.05) is 30.3 Å². The van der Waals surface area contributed by atoms with Crippen molar-refractivity contribution >= 4 is 17.3 Å². The van der Waals surface area contributed by atoms with Gasteiger partial charge in [-0.05, 0) is 32.4 Å². The van der Waals surface area contributed by atoms with Crippen LogP contribution in [0.4, 0.5) is 17.3 Å². The fourth-order valence-electron chi connectivity index (χ4n) is 3.46. The number of nitro groups is 1. The Morgan fingerprint density at radius 3 is 2.95 bits per heavy atom. The number of hydrogen-bond donors (Lipinski definition) is 1. The summed E-state index contributed by atoms with van der Waals surface area (Å²) in [5, 5.41) is 11.3. The largest absolute Gasteiger partial charge is 0.384 e. The first-order valence-electron chi connectivity index (χ1n) is 7.48. The van der Waals surface area contributed by atoms with E-state index < -0.39 is 0 Å². The number of nitrogens with zero attached hydrogens (tertiary/aromatic N) is 4. The quantitative estimate of drug-likeness (QED) is 0.658. The molecule has 0 aliphatic carbocycles. The molecule has 21 heavy (non-hydrogen) atoms. The van der Waals surface area contributed by atoms with Gasteiger partial charge in [0.15, 0.2) is 0 Å². The smallest absolute Gasteiger partial charge is 0.311 e. The maximum absolute atomic E-state index is 11.3. The van der Waals surface area contributed by atoms with E-state index in [2.05, 4.69) is 21.7 Å². The van der Waals surface area contributed by atoms with Crippen LogP contribution in [0.3, 0.4) is 0 Å². The van der Waals surface area contributed by atoms with Crippen LogP contribution in [0.5, 0.6) is 0 Å². The van der Waals surface area contributed by atoms with E-state index in [0.29, 0.717) is 17.7 Å². The lowest BCUT2D eigenvalue weighted by Gasteiger charge is -2.47. The molecule has 2 fully saturated rings. The molecule has 0 aromatic carbocycles. The predicted molar refractivity (Wildman–Crippen MR) is 81.3 cm³/mol. The summed E-state index contributed by atoms with van der Waals surface area (Å²) in [5.41, 5.74) is 5.78. The maximum atomic E-state index is 11.3. The molecule has 1 aromatic rings. The summed E-state index contributed by atoms with van der Waals surface area (Å²) >= 11 is 0. The molecule has 2 unspecified atom stereocenters. The molecule has 0 spiro atoms. The molecular weight excluding hydrogens is 270 g/mol. The number of piperidine rings is 1. The highest BCUT2D eigenvalue weighted by Crippen LogP contribution is 2.33. The van der Waals surface area contributed by atoms with Crippen LogP contribution in [-0.4, -0.2) is 46.5 Å². The van der Waals surface area contributed by atoms with E-state index >= 15 is 0 Å². The third-order valence-electron chi connectivity index (χ3n) is 4.53. The van der Waals surface area contributed by atoms with Gasteiger partial charge in [0.2, 0.25) is 5.82 Å². The number of aromatic nitrogens is 1. The van der Waals surface area contributed by atoms with Crippen LogP contribution in [0, 0.1) is 10.1 Å². The first kappa shape index (κ1) is 14.1. The van der Waals surface area contributed by atoms with Crippen LogP contribution in [0.25, 0.3) is 0 Å².